The first-order valence-electron chi connectivity index (χ1n) is 8.65. The molecule has 0 radical (unpaired) electrons. The number of H-pyrrole nitrogens is 1. The Morgan fingerprint density at radius 1 is 0.962 bits per heavy atom. The normalized spacial score (nSPS) is 11.1. The molecule has 2 heterocycles. The summed E-state index contributed by atoms with van der Waals surface area (Å²) in [6, 6.07) is 20.1. The van der Waals surface area contributed by atoms with Gasteiger partial charge in [-0.25, -0.2) is 0 Å². The van der Waals surface area contributed by atoms with Crippen LogP contribution in [-0.4, -0.2) is 14.8 Å². The predicted molar refractivity (Wildman–Crippen MR) is 103 cm³/mol. The van der Waals surface area contributed by atoms with Crippen molar-refractivity contribution in [2.24, 2.45) is 0 Å². The quantitative estimate of drug-likeness (QED) is 0.565. The molecule has 0 amide bonds. The first-order valence-corrected chi connectivity index (χ1v) is 8.65. The number of para-hydroxylation sites is 1. The first-order chi connectivity index (χ1) is 12.8. The minimum atomic E-state index is -0.0363. The van der Waals surface area contributed by atoms with E-state index in [0.29, 0.717) is 13.1 Å². The third kappa shape index (κ3) is 3.73. The van der Waals surface area contributed by atoms with Crippen LogP contribution in [0.3, 0.4) is 0 Å². The van der Waals surface area contributed by atoms with Crippen LogP contribution in [0.15, 0.2) is 77.9 Å². The van der Waals surface area contributed by atoms with Crippen molar-refractivity contribution in [2.45, 2.75) is 19.6 Å². The molecule has 0 unspecified atom stereocenters. The largest absolute Gasteiger partial charge is 0.322 e. The number of nitrogens with one attached hydrogen (secondary N) is 2. The van der Waals surface area contributed by atoms with Crippen molar-refractivity contribution in [1.29, 1.82) is 0 Å². The molecule has 2 aromatic heterocycles. The van der Waals surface area contributed by atoms with Gasteiger partial charge in [-0.05, 0) is 34.7 Å². The van der Waals surface area contributed by atoms with E-state index in [1.165, 1.54) is 11.1 Å². The van der Waals surface area contributed by atoms with E-state index >= 15 is 0 Å². The fourth-order valence-corrected chi connectivity index (χ4v) is 3.01. The van der Waals surface area contributed by atoms with E-state index in [1.807, 2.05) is 47.3 Å². The maximum absolute atomic E-state index is 12.2. The zero-order chi connectivity index (χ0) is 17.8. The molecular formula is C21H20N4O. The molecule has 26 heavy (non-hydrogen) atoms. The van der Waals surface area contributed by atoms with Crippen LogP contribution in [0.1, 0.15) is 16.7 Å². The van der Waals surface area contributed by atoms with Gasteiger partial charge in [0.25, 0.3) is 5.56 Å². The predicted octanol–water partition coefficient (Wildman–Crippen LogP) is 3.06. The van der Waals surface area contributed by atoms with E-state index in [0.717, 1.165) is 23.0 Å². The third-order valence-corrected chi connectivity index (χ3v) is 4.40. The lowest BCUT2D eigenvalue weighted by atomic mass is 10.1. The number of benzene rings is 2. The van der Waals surface area contributed by atoms with Crippen molar-refractivity contribution in [3.63, 3.8) is 0 Å². The second-order valence-electron chi connectivity index (χ2n) is 6.33. The van der Waals surface area contributed by atoms with Gasteiger partial charge in [-0.15, -0.1) is 0 Å². The van der Waals surface area contributed by atoms with Crippen LogP contribution >= 0.6 is 0 Å². The molecule has 0 saturated heterocycles. The standard InChI is InChI=1S/C21H20N4O/c26-21-19(12-18-4-1-2-5-20(18)24-21)14-22-13-16-6-8-17(9-7-16)15-25-11-3-10-23-25/h1-12,22H,13-15H2,(H,24,26). The molecule has 0 fully saturated rings. The highest BCUT2D eigenvalue weighted by molar-refractivity contribution is 5.78. The van der Waals surface area contributed by atoms with Crippen LogP contribution in [0.2, 0.25) is 0 Å². The van der Waals surface area contributed by atoms with Crippen LogP contribution in [-0.2, 0) is 19.6 Å². The van der Waals surface area contributed by atoms with Gasteiger partial charge in [0.05, 0.1) is 6.54 Å². The SMILES string of the molecule is O=c1[nH]c2ccccc2cc1CNCc1ccc(Cn2cccn2)cc1. The summed E-state index contributed by atoms with van der Waals surface area (Å²) in [6.45, 7) is 2.02. The molecule has 4 aromatic rings. The molecule has 130 valence electrons. The molecule has 0 aliphatic carbocycles. The maximum atomic E-state index is 12.2. The van der Waals surface area contributed by atoms with E-state index < -0.39 is 0 Å². The Balaban J connectivity index is 1.37. The molecule has 5 nitrogen and oxygen atoms in total. The minimum absolute atomic E-state index is 0.0363. The highest BCUT2D eigenvalue weighted by Crippen LogP contribution is 2.10. The van der Waals surface area contributed by atoms with Crippen LogP contribution in [0, 0.1) is 0 Å². The molecule has 2 aromatic carbocycles. The Labute approximate surface area is 151 Å². The second-order valence-corrected chi connectivity index (χ2v) is 6.33. The van der Waals surface area contributed by atoms with Crippen molar-refractivity contribution in [3.05, 3.63) is 100 Å². The van der Waals surface area contributed by atoms with Gasteiger partial charge < -0.3 is 10.3 Å². The van der Waals surface area contributed by atoms with Gasteiger partial charge in [0.2, 0.25) is 0 Å². The van der Waals surface area contributed by atoms with Gasteiger partial charge in [0, 0.05) is 36.6 Å². The summed E-state index contributed by atoms with van der Waals surface area (Å²) in [5.41, 5.74) is 3.98. The summed E-state index contributed by atoms with van der Waals surface area (Å²) in [4.78, 5) is 15.1. The Hall–Kier alpha value is -3.18. The number of fused-ring (bicyclic) bond motifs is 1. The summed E-state index contributed by atoms with van der Waals surface area (Å²) in [5.74, 6) is 0. The van der Waals surface area contributed by atoms with E-state index in [9.17, 15) is 4.79 Å². The maximum Gasteiger partial charge on any atom is 0.252 e. The van der Waals surface area contributed by atoms with Gasteiger partial charge in [-0.3, -0.25) is 9.48 Å². The van der Waals surface area contributed by atoms with Crippen molar-refractivity contribution in [3.8, 4) is 0 Å². The van der Waals surface area contributed by atoms with Crippen LogP contribution in [0.4, 0.5) is 0 Å². The van der Waals surface area contributed by atoms with E-state index in [-0.39, 0.29) is 5.56 Å². The zero-order valence-corrected chi connectivity index (χ0v) is 14.4. The van der Waals surface area contributed by atoms with Gasteiger partial charge in [-0.2, -0.15) is 5.10 Å². The van der Waals surface area contributed by atoms with Crippen molar-refractivity contribution in [2.75, 3.05) is 0 Å². The average Bonchev–Trinajstić information content (AvgIpc) is 3.16. The lowest BCUT2D eigenvalue weighted by Crippen LogP contribution is -2.20. The fourth-order valence-electron chi connectivity index (χ4n) is 3.01. The van der Waals surface area contributed by atoms with E-state index in [1.54, 1.807) is 6.20 Å². The van der Waals surface area contributed by atoms with E-state index in [2.05, 4.69) is 39.7 Å². The number of hydrogen-bond acceptors (Lipinski definition) is 3. The number of hydrogen-bond donors (Lipinski definition) is 2. The molecule has 0 aliphatic rings. The van der Waals surface area contributed by atoms with E-state index in [4.69, 9.17) is 0 Å². The first kappa shape index (κ1) is 16.3. The Kier molecular flexibility index (Phi) is 4.62. The molecule has 2 N–H and O–H groups in total. The molecule has 4 rings (SSSR count). The van der Waals surface area contributed by atoms with Crippen molar-refractivity contribution >= 4 is 10.9 Å². The number of nitrogens with zero attached hydrogens (tertiary/aromatic N) is 2. The minimum Gasteiger partial charge on any atom is -0.322 e. The Morgan fingerprint density at radius 2 is 1.77 bits per heavy atom. The molecular weight excluding hydrogens is 324 g/mol. The number of aromatic amines is 1. The fraction of sp³-hybridized carbons (Fsp3) is 0.143. The van der Waals surface area contributed by atoms with Gasteiger partial charge in [-0.1, -0.05) is 42.5 Å². The number of pyridine rings is 1. The average molecular weight is 344 g/mol. The summed E-state index contributed by atoms with van der Waals surface area (Å²) < 4.78 is 1.90. The molecule has 0 aliphatic heterocycles. The molecule has 0 bridgehead atoms. The van der Waals surface area contributed by atoms with Crippen molar-refractivity contribution in [1.82, 2.24) is 20.1 Å². The highest BCUT2D eigenvalue weighted by atomic mass is 16.1. The lowest BCUT2D eigenvalue weighted by Gasteiger charge is -2.07. The lowest BCUT2D eigenvalue weighted by molar-refractivity contribution is 0.680. The molecule has 5 heteroatoms. The summed E-state index contributed by atoms with van der Waals surface area (Å²) in [7, 11) is 0. The molecule has 0 saturated carbocycles. The number of aromatic nitrogens is 3. The van der Waals surface area contributed by atoms with Gasteiger partial charge in [0.15, 0.2) is 0 Å². The topological polar surface area (TPSA) is 62.7 Å². The zero-order valence-electron chi connectivity index (χ0n) is 14.4. The van der Waals surface area contributed by atoms with Crippen molar-refractivity contribution < 1.29 is 0 Å². The smallest absolute Gasteiger partial charge is 0.252 e. The summed E-state index contributed by atoms with van der Waals surface area (Å²) >= 11 is 0. The van der Waals surface area contributed by atoms with Crippen LogP contribution < -0.4 is 10.9 Å². The Morgan fingerprint density at radius 3 is 2.58 bits per heavy atom. The second kappa shape index (κ2) is 7.37. The van der Waals surface area contributed by atoms with Crippen LogP contribution in [0.5, 0.6) is 0 Å². The molecule has 0 atom stereocenters. The number of rotatable bonds is 6. The summed E-state index contributed by atoms with van der Waals surface area (Å²) in [5, 5.41) is 8.62. The summed E-state index contributed by atoms with van der Waals surface area (Å²) in [6.07, 6.45) is 3.74. The van der Waals surface area contributed by atoms with Crippen LogP contribution in [0.25, 0.3) is 10.9 Å². The van der Waals surface area contributed by atoms with Gasteiger partial charge >= 0.3 is 0 Å². The monoisotopic (exact) mass is 344 g/mol. The third-order valence-electron chi connectivity index (χ3n) is 4.40. The Bertz CT molecular complexity index is 1050. The highest BCUT2D eigenvalue weighted by Gasteiger charge is 2.03. The van der Waals surface area contributed by atoms with Gasteiger partial charge in [0.1, 0.15) is 0 Å². The molecule has 0 spiro atoms.